The molecule has 0 N–H and O–H groups in total. The van der Waals surface area contributed by atoms with Gasteiger partial charge >= 0.3 is 0 Å². The van der Waals surface area contributed by atoms with E-state index >= 15 is 0 Å². The molecule has 0 spiro atoms. The van der Waals surface area contributed by atoms with Crippen LogP contribution in [0.3, 0.4) is 0 Å². The molecule has 84 valence electrons. The van der Waals surface area contributed by atoms with Gasteiger partial charge in [0.15, 0.2) is 0 Å². The second-order valence-electron chi connectivity index (χ2n) is 5.07. The Labute approximate surface area is 96.3 Å². The number of hydrogen-bond donors (Lipinski definition) is 0. The molecule has 2 aliphatic rings. The summed E-state index contributed by atoms with van der Waals surface area (Å²) in [6.07, 6.45) is 5.72. The number of aldehydes is 1. The molecule has 0 atom stereocenters. The van der Waals surface area contributed by atoms with E-state index in [1.54, 1.807) is 0 Å². The summed E-state index contributed by atoms with van der Waals surface area (Å²) in [7, 11) is 0. The second kappa shape index (κ2) is 3.70. The normalized spacial score (nSPS) is 33.1. The molecule has 0 saturated carbocycles. The maximum absolute atomic E-state index is 11.3. The summed E-state index contributed by atoms with van der Waals surface area (Å²) in [5.74, 6) is 0. The molecule has 2 heterocycles. The predicted octanol–water partition coefficient (Wildman–Crippen LogP) is 2.38. The van der Waals surface area contributed by atoms with Gasteiger partial charge in [-0.3, -0.25) is 4.90 Å². The van der Waals surface area contributed by atoms with Crippen molar-refractivity contribution in [1.29, 1.82) is 0 Å². The Kier molecular flexibility index (Phi) is 2.32. The highest BCUT2D eigenvalue weighted by Gasteiger charge is 2.51. The van der Waals surface area contributed by atoms with Crippen molar-refractivity contribution in [3.8, 4) is 0 Å². The summed E-state index contributed by atoms with van der Waals surface area (Å²) in [6, 6.07) is 11.1. The third-order valence-corrected chi connectivity index (χ3v) is 4.25. The van der Waals surface area contributed by atoms with E-state index in [9.17, 15) is 4.79 Å². The Morgan fingerprint density at radius 1 is 1.25 bits per heavy atom. The zero-order valence-electron chi connectivity index (χ0n) is 9.43. The third-order valence-electron chi connectivity index (χ3n) is 4.25. The molecule has 1 aromatic rings. The highest BCUT2D eigenvalue weighted by atomic mass is 16.1. The van der Waals surface area contributed by atoms with E-state index in [-0.39, 0.29) is 5.54 Å². The maximum Gasteiger partial charge on any atom is 0.140 e. The highest BCUT2D eigenvalue weighted by molar-refractivity contribution is 5.66. The summed E-state index contributed by atoms with van der Waals surface area (Å²) in [6.45, 7) is 0.935. The molecule has 1 aromatic carbocycles. The van der Waals surface area contributed by atoms with Crippen LogP contribution in [0.4, 0.5) is 0 Å². The molecule has 0 aromatic heterocycles. The number of carbonyl (C=O) groups is 1. The summed E-state index contributed by atoms with van der Waals surface area (Å²) < 4.78 is 0. The number of fused-ring (bicyclic) bond motifs is 2. The van der Waals surface area contributed by atoms with Crippen LogP contribution in [0.1, 0.15) is 31.2 Å². The first kappa shape index (κ1) is 10.0. The lowest BCUT2D eigenvalue weighted by Crippen LogP contribution is -2.41. The van der Waals surface area contributed by atoms with Crippen LogP contribution in [0.5, 0.6) is 0 Å². The molecule has 3 rings (SSSR count). The lowest BCUT2D eigenvalue weighted by molar-refractivity contribution is -0.116. The van der Waals surface area contributed by atoms with Crippen LogP contribution in [-0.2, 0) is 11.3 Å². The van der Waals surface area contributed by atoms with E-state index in [0.717, 1.165) is 19.4 Å². The average molecular weight is 215 g/mol. The van der Waals surface area contributed by atoms with Gasteiger partial charge in [-0.25, -0.2) is 0 Å². The molecule has 2 aliphatic heterocycles. The molecule has 2 saturated heterocycles. The van der Waals surface area contributed by atoms with Gasteiger partial charge in [0, 0.05) is 12.6 Å². The molecule has 16 heavy (non-hydrogen) atoms. The van der Waals surface area contributed by atoms with Crippen LogP contribution in [-0.4, -0.2) is 22.8 Å². The Morgan fingerprint density at radius 3 is 2.56 bits per heavy atom. The molecule has 2 heteroatoms. The van der Waals surface area contributed by atoms with Crippen LogP contribution >= 0.6 is 0 Å². The largest absolute Gasteiger partial charge is 0.301 e. The lowest BCUT2D eigenvalue weighted by atomic mass is 9.89. The van der Waals surface area contributed by atoms with Gasteiger partial charge in [-0.2, -0.15) is 0 Å². The van der Waals surface area contributed by atoms with E-state index in [4.69, 9.17) is 0 Å². The van der Waals surface area contributed by atoms with Gasteiger partial charge in [0.05, 0.1) is 5.54 Å². The Hall–Kier alpha value is -1.15. The van der Waals surface area contributed by atoms with Gasteiger partial charge in [-0.05, 0) is 31.2 Å². The minimum absolute atomic E-state index is 0.124. The number of benzene rings is 1. The van der Waals surface area contributed by atoms with Gasteiger partial charge in [-0.1, -0.05) is 30.3 Å². The van der Waals surface area contributed by atoms with Crippen molar-refractivity contribution in [1.82, 2.24) is 4.90 Å². The van der Waals surface area contributed by atoms with Gasteiger partial charge in [-0.15, -0.1) is 0 Å². The van der Waals surface area contributed by atoms with Crippen molar-refractivity contribution in [2.45, 2.75) is 43.8 Å². The second-order valence-corrected chi connectivity index (χ2v) is 5.07. The van der Waals surface area contributed by atoms with Crippen molar-refractivity contribution in [2.24, 2.45) is 0 Å². The number of nitrogens with zero attached hydrogens (tertiary/aromatic N) is 1. The SMILES string of the molecule is O=CC12CCC(CC1)N2Cc1ccccc1. The van der Waals surface area contributed by atoms with E-state index in [1.165, 1.54) is 24.7 Å². The van der Waals surface area contributed by atoms with Crippen molar-refractivity contribution in [3.05, 3.63) is 35.9 Å². The van der Waals surface area contributed by atoms with Gasteiger partial charge in [0.1, 0.15) is 6.29 Å². The maximum atomic E-state index is 11.3. The minimum atomic E-state index is -0.124. The molecular weight excluding hydrogens is 198 g/mol. The number of carbonyl (C=O) groups excluding carboxylic acids is 1. The molecule has 0 radical (unpaired) electrons. The van der Waals surface area contributed by atoms with Crippen LogP contribution in [0.15, 0.2) is 30.3 Å². The first-order valence-electron chi connectivity index (χ1n) is 6.11. The first-order chi connectivity index (χ1) is 7.84. The van der Waals surface area contributed by atoms with Gasteiger partial charge in [0.2, 0.25) is 0 Å². The van der Waals surface area contributed by atoms with Crippen molar-refractivity contribution in [3.63, 3.8) is 0 Å². The zero-order valence-corrected chi connectivity index (χ0v) is 9.43. The van der Waals surface area contributed by atoms with Crippen molar-refractivity contribution < 1.29 is 4.79 Å². The summed E-state index contributed by atoms with van der Waals surface area (Å²) in [5, 5.41) is 0. The number of rotatable bonds is 3. The third kappa shape index (κ3) is 1.40. The fourth-order valence-electron chi connectivity index (χ4n) is 3.32. The molecular formula is C14H17NO. The molecule has 0 aliphatic carbocycles. The van der Waals surface area contributed by atoms with Crippen LogP contribution in [0, 0.1) is 0 Å². The van der Waals surface area contributed by atoms with Crippen molar-refractivity contribution >= 4 is 6.29 Å². The highest BCUT2D eigenvalue weighted by Crippen LogP contribution is 2.45. The van der Waals surface area contributed by atoms with E-state index < -0.39 is 0 Å². The summed E-state index contributed by atoms with van der Waals surface area (Å²) >= 11 is 0. The van der Waals surface area contributed by atoms with Gasteiger partial charge < -0.3 is 4.79 Å². The lowest BCUT2D eigenvalue weighted by Gasteiger charge is -2.29. The smallest absolute Gasteiger partial charge is 0.140 e. The number of hydrogen-bond acceptors (Lipinski definition) is 2. The fourth-order valence-corrected chi connectivity index (χ4v) is 3.32. The van der Waals surface area contributed by atoms with E-state index in [0.29, 0.717) is 6.04 Å². The van der Waals surface area contributed by atoms with Crippen LogP contribution in [0.25, 0.3) is 0 Å². The standard InChI is InChI=1S/C14H17NO/c16-11-14-8-6-13(7-9-14)15(14)10-12-4-2-1-3-5-12/h1-5,11,13H,6-10H2. The van der Waals surface area contributed by atoms with Crippen molar-refractivity contribution in [2.75, 3.05) is 0 Å². The molecule has 0 unspecified atom stereocenters. The van der Waals surface area contributed by atoms with Crippen LogP contribution in [0.2, 0.25) is 0 Å². The average Bonchev–Trinajstić information content (AvgIpc) is 2.86. The molecule has 2 fully saturated rings. The predicted molar refractivity (Wildman–Crippen MR) is 63.0 cm³/mol. The van der Waals surface area contributed by atoms with Gasteiger partial charge in [0.25, 0.3) is 0 Å². The molecule has 0 amide bonds. The Morgan fingerprint density at radius 2 is 1.94 bits per heavy atom. The van der Waals surface area contributed by atoms with E-state index in [2.05, 4.69) is 29.2 Å². The minimum Gasteiger partial charge on any atom is -0.301 e. The van der Waals surface area contributed by atoms with E-state index in [1.807, 2.05) is 6.07 Å². The molecule has 2 nitrogen and oxygen atoms in total. The van der Waals surface area contributed by atoms with Crippen LogP contribution < -0.4 is 0 Å². The fraction of sp³-hybridized carbons (Fsp3) is 0.500. The zero-order chi connectivity index (χ0) is 11.0. The quantitative estimate of drug-likeness (QED) is 0.721. The summed E-state index contributed by atoms with van der Waals surface area (Å²) in [5.41, 5.74) is 1.20. The Balaban J connectivity index is 1.83. The Bertz CT molecular complexity index is 379. The molecule has 2 bridgehead atoms. The monoisotopic (exact) mass is 215 g/mol. The first-order valence-corrected chi connectivity index (χ1v) is 6.11. The topological polar surface area (TPSA) is 20.3 Å². The summed E-state index contributed by atoms with van der Waals surface area (Å²) in [4.78, 5) is 13.8.